The first kappa shape index (κ1) is 15.4. The Hall–Kier alpha value is -0.610. The van der Waals surface area contributed by atoms with E-state index in [1.165, 1.54) is 7.11 Å². The number of nitrogens with zero attached hydrogens (tertiary/aromatic N) is 1. The molecular formula is C12H26N2O2. The van der Waals surface area contributed by atoms with Gasteiger partial charge in [0.05, 0.1) is 7.11 Å². The molecule has 0 fully saturated rings. The molecule has 4 nitrogen and oxygen atoms in total. The number of rotatable bonds is 9. The Bertz CT molecular complexity index is 186. The lowest BCUT2D eigenvalue weighted by Gasteiger charge is -2.20. The fraction of sp³-hybridized carbons (Fsp3) is 0.917. The first-order chi connectivity index (χ1) is 7.65. The first-order valence-corrected chi connectivity index (χ1v) is 6.15. The summed E-state index contributed by atoms with van der Waals surface area (Å²) < 4.78 is 4.78. The number of methoxy groups -OCH3 is 1. The third-order valence-electron chi connectivity index (χ3n) is 2.53. The van der Waals surface area contributed by atoms with Crippen LogP contribution in [0.25, 0.3) is 0 Å². The van der Waals surface area contributed by atoms with Crippen molar-refractivity contribution in [2.45, 2.75) is 39.2 Å². The maximum atomic E-state index is 11.5. The number of ether oxygens (including phenoxy) is 1. The van der Waals surface area contributed by atoms with Gasteiger partial charge in [-0.1, -0.05) is 13.8 Å². The number of carbonyl (C=O) groups excluding carboxylic acids is 1. The molecule has 0 saturated heterocycles. The third kappa shape index (κ3) is 6.80. The van der Waals surface area contributed by atoms with Crippen LogP contribution in [0.1, 0.15) is 33.1 Å². The van der Waals surface area contributed by atoms with Gasteiger partial charge in [0, 0.05) is 0 Å². The van der Waals surface area contributed by atoms with Crippen molar-refractivity contribution in [3.05, 3.63) is 0 Å². The molecule has 0 rings (SSSR count). The van der Waals surface area contributed by atoms with Crippen LogP contribution in [0.4, 0.5) is 0 Å². The zero-order valence-corrected chi connectivity index (χ0v) is 11.1. The van der Waals surface area contributed by atoms with Crippen LogP contribution in [0.2, 0.25) is 0 Å². The number of hydrogen-bond donors (Lipinski definition) is 1. The van der Waals surface area contributed by atoms with Crippen LogP contribution >= 0.6 is 0 Å². The van der Waals surface area contributed by atoms with Crippen molar-refractivity contribution in [3.8, 4) is 0 Å². The molecule has 0 aromatic rings. The van der Waals surface area contributed by atoms with E-state index >= 15 is 0 Å². The van der Waals surface area contributed by atoms with Gasteiger partial charge in [0.15, 0.2) is 0 Å². The molecular weight excluding hydrogens is 204 g/mol. The van der Waals surface area contributed by atoms with Crippen LogP contribution in [0.3, 0.4) is 0 Å². The van der Waals surface area contributed by atoms with Gasteiger partial charge in [-0.25, -0.2) is 0 Å². The quantitative estimate of drug-likeness (QED) is 0.606. The average Bonchev–Trinajstić information content (AvgIpc) is 2.28. The Morgan fingerprint density at radius 3 is 2.50 bits per heavy atom. The summed E-state index contributed by atoms with van der Waals surface area (Å²) in [5.41, 5.74) is 0. The van der Waals surface area contributed by atoms with Crippen LogP contribution in [0, 0.1) is 0 Å². The number of hydrogen-bond acceptors (Lipinski definition) is 4. The van der Waals surface area contributed by atoms with Gasteiger partial charge in [-0.2, -0.15) is 0 Å². The normalized spacial score (nSPS) is 12.8. The van der Waals surface area contributed by atoms with Gasteiger partial charge in [-0.15, -0.1) is 0 Å². The minimum Gasteiger partial charge on any atom is -0.468 e. The van der Waals surface area contributed by atoms with Crippen LogP contribution in [0.15, 0.2) is 0 Å². The predicted octanol–water partition coefficient (Wildman–Crippen LogP) is 1.26. The van der Waals surface area contributed by atoms with Crippen LogP contribution < -0.4 is 5.32 Å². The lowest BCUT2D eigenvalue weighted by atomic mass is 10.2. The summed E-state index contributed by atoms with van der Waals surface area (Å²) in [4.78, 5) is 13.7. The Morgan fingerprint density at radius 2 is 2.00 bits per heavy atom. The van der Waals surface area contributed by atoms with E-state index in [2.05, 4.69) is 31.1 Å². The molecule has 0 bridgehead atoms. The molecule has 16 heavy (non-hydrogen) atoms. The van der Waals surface area contributed by atoms with Crippen molar-refractivity contribution in [3.63, 3.8) is 0 Å². The summed E-state index contributed by atoms with van der Waals surface area (Å²) in [5, 5.41) is 3.22. The molecule has 1 atom stereocenters. The van der Waals surface area contributed by atoms with Crippen LogP contribution in [-0.4, -0.2) is 50.7 Å². The molecule has 0 amide bonds. The Balaban J connectivity index is 3.95. The first-order valence-electron chi connectivity index (χ1n) is 6.15. The molecule has 1 N–H and O–H groups in total. The van der Waals surface area contributed by atoms with E-state index in [1.54, 1.807) is 0 Å². The number of carbonyl (C=O) groups is 1. The van der Waals surface area contributed by atoms with E-state index in [0.717, 1.165) is 38.9 Å². The van der Waals surface area contributed by atoms with Crippen molar-refractivity contribution in [2.24, 2.45) is 0 Å². The molecule has 0 saturated carbocycles. The Kier molecular flexibility index (Phi) is 9.24. The molecule has 0 radical (unpaired) electrons. The molecule has 0 aliphatic rings. The molecule has 96 valence electrons. The van der Waals surface area contributed by atoms with Crippen molar-refractivity contribution in [1.82, 2.24) is 10.2 Å². The van der Waals surface area contributed by atoms with Gasteiger partial charge in [-0.05, 0) is 45.9 Å². The van der Waals surface area contributed by atoms with Crippen molar-refractivity contribution in [1.29, 1.82) is 0 Å². The fourth-order valence-electron chi connectivity index (χ4n) is 1.61. The summed E-state index contributed by atoms with van der Waals surface area (Å²) in [5.74, 6) is -0.154. The lowest BCUT2D eigenvalue weighted by molar-refractivity contribution is -0.143. The highest BCUT2D eigenvalue weighted by molar-refractivity contribution is 5.75. The van der Waals surface area contributed by atoms with Gasteiger partial charge in [0.25, 0.3) is 0 Å². The predicted molar refractivity (Wildman–Crippen MR) is 66.5 cm³/mol. The van der Waals surface area contributed by atoms with E-state index < -0.39 is 0 Å². The molecule has 0 aliphatic heterocycles. The summed E-state index contributed by atoms with van der Waals surface area (Å²) in [7, 11) is 3.52. The molecule has 0 aromatic carbocycles. The van der Waals surface area contributed by atoms with Gasteiger partial charge in [0.2, 0.25) is 0 Å². The van der Waals surface area contributed by atoms with Gasteiger partial charge >= 0.3 is 5.97 Å². The second kappa shape index (κ2) is 9.60. The molecule has 0 aliphatic carbocycles. The maximum Gasteiger partial charge on any atom is 0.322 e. The van der Waals surface area contributed by atoms with Gasteiger partial charge in [-0.3, -0.25) is 4.79 Å². The highest BCUT2D eigenvalue weighted by Crippen LogP contribution is 1.98. The van der Waals surface area contributed by atoms with Gasteiger partial charge in [0.1, 0.15) is 6.04 Å². The molecule has 4 heteroatoms. The highest BCUT2D eigenvalue weighted by atomic mass is 16.5. The van der Waals surface area contributed by atoms with E-state index in [-0.39, 0.29) is 12.0 Å². The van der Waals surface area contributed by atoms with Crippen molar-refractivity contribution >= 4 is 5.97 Å². The summed E-state index contributed by atoms with van der Waals surface area (Å²) >= 11 is 0. The van der Waals surface area contributed by atoms with Crippen LogP contribution in [0.5, 0.6) is 0 Å². The largest absolute Gasteiger partial charge is 0.468 e. The minimum atomic E-state index is -0.163. The summed E-state index contributed by atoms with van der Waals surface area (Å²) in [6.45, 7) is 7.09. The fourth-order valence-corrected chi connectivity index (χ4v) is 1.61. The summed E-state index contributed by atoms with van der Waals surface area (Å²) in [6, 6.07) is -0.163. The molecule has 0 spiro atoms. The van der Waals surface area contributed by atoms with E-state index in [1.807, 2.05) is 0 Å². The number of nitrogens with one attached hydrogen (secondary N) is 1. The SMILES string of the molecule is CCCNC(CCN(C)CCC)C(=O)OC. The van der Waals surface area contributed by atoms with Gasteiger partial charge < -0.3 is 15.0 Å². The highest BCUT2D eigenvalue weighted by Gasteiger charge is 2.18. The van der Waals surface area contributed by atoms with E-state index in [0.29, 0.717) is 0 Å². The minimum absolute atomic E-state index is 0.154. The lowest BCUT2D eigenvalue weighted by Crippen LogP contribution is -2.40. The summed E-state index contributed by atoms with van der Waals surface area (Å²) in [6.07, 6.45) is 2.98. The molecule has 0 heterocycles. The van der Waals surface area contributed by atoms with Crippen molar-refractivity contribution in [2.75, 3.05) is 33.8 Å². The zero-order valence-electron chi connectivity index (χ0n) is 11.1. The average molecular weight is 230 g/mol. The maximum absolute atomic E-state index is 11.5. The van der Waals surface area contributed by atoms with Crippen LogP contribution in [-0.2, 0) is 9.53 Å². The second-order valence-electron chi connectivity index (χ2n) is 4.12. The Morgan fingerprint density at radius 1 is 1.31 bits per heavy atom. The van der Waals surface area contributed by atoms with Crippen molar-refractivity contribution < 1.29 is 9.53 Å². The topological polar surface area (TPSA) is 41.6 Å². The molecule has 0 aromatic heterocycles. The molecule has 1 unspecified atom stereocenters. The van der Waals surface area contributed by atoms with E-state index in [9.17, 15) is 4.79 Å². The zero-order chi connectivity index (χ0) is 12.4. The Labute approximate surface area is 99.3 Å². The smallest absolute Gasteiger partial charge is 0.322 e. The monoisotopic (exact) mass is 230 g/mol. The third-order valence-corrected chi connectivity index (χ3v) is 2.53. The second-order valence-corrected chi connectivity index (χ2v) is 4.12. The standard InChI is InChI=1S/C12H26N2O2/c1-5-8-13-11(12(15)16-4)7-10-14(3)9-6-2/h11,13H,5-10H2,1-4H3. The number of esters is 1. The van der Waals surface area contributed by atoms with E-state index in [4.69, 9.17) is 4.74 Å².